The van der Waals surface area contributed by atoms with Gasteiger partial charge in [-0.05, 0) is 17.2 Å². The van der Waals surface area contributed by atoms with Crippen LogP contribution in [0.15, 0.2) is 54.6 Å². The average molecular weight is 320 g/mol. The van der Waals surface area contributed by atoms with Crippen molar-refractivity contribution >= 4 is 0 Å². The minimum Gasteiger partial charge on any atom is -0.308 e. The van der Waals surface area contributed by atoms with Gasteiger partial charge >= 0.3 is 6.18 Å². The van der Waals surface area contributed by atoms with Gasteiger partial charge in [0.1, 0.15) is 0 Å². The Balaban J connectivity index is 1.68. The van der Waals surface area contributed by atoms with Crippen molar-refractivity contribution in [3.63, 3.8) is 0 Å². The van der Waals surface area contributed by atoms with Crippen LogP contribution in [0.4, 0.5) is 13.2 Å². The van der Waals surface area contributed by atoms with Crippen LogP contribution < -0.4 is 5.32 Å². The van der Waals surface area contributed by atoms with Crippen molar-refractivity contribution in [2.45, 2.75) is 18.8 Å². The van der Waals surface area contributed by atoms with Crippen LogP contribution in [-0.2, 0) is 12.7 Å². The number of hydrogen-bond donors (Lipinski definition) is 1. The van der Waals surface area contributed by atoms with E-state index in [-0.39, 0.29) is 6.04 Å². The Morgan fingerprint density at radius 1 is 1.04 bits per heavy atom. The summed E-state index contributed by atoms with van der Waals surface area (Å²) in [6, 6.07) is 16.0. The molecule has 0 spiro atoms. The quantitative estimate of drug-likeness (QED) is 0.924. The lowest BCUT2D eigenvalue weighted by Gasteiger charge is -2.34. The van der Waals surface area contributed by atoms with Crippen molar-refractivity contribution in [2.75, 3.05) is 19.6 Å². The molecular weight excluding hydrogens is 301 g/mol. The van der Waals surface area contributed by atoms with E-state index in [1.165, 1.54) is 17.7 Å². The summed E-state index contributed by atoms with van der Waals surface area (Å²) in [6.45, 7) is 2.99. The maximum absolute atomic E-state index is 12.8. The van der Waals surface area contributed by atoms with E-state index in [0.29, 0.717) is 12.1 Å². The van der Waals surface area contributed by atoms with Gasteiger partial charge in [0.25, 0.3) is 0 Å². The van der Waals surface area contributed by atoms with Gasteiger partial charge in [0, 0.05) is 32.2 Å². The van der Waals surface area contributed by atoms with Crippen molar-refractivity contribution in [3.05, 3.63) is 71.3 Å². The molecule has 1 aliphatic heterocycles. The molecule has 122 valence electrons. The summed E-state index contributed by atoms with van der Waals surface area (Å²) in [5.74, 6) is 0. The van der Waals surface area contributed by atoms with E-state index in [4.69, 9.17) is 0 Å². The lowest BCUT2D eigenvalue weighted by Crippen LogP contribution is -2.45. The number of rotatable bonds is 3. The zero-order valence-electron chi connectivity index (χ0n) is 12.7. The van der Waals surface area contributed by atoms with Gasteiger partial charge in [0.05, 0.1) is 5.56 Å². The highest BCUT2D eigenvalue weighted by Crippen LogP contribution is 2.30. The highest BCUT2D eigenvalue weighted by atomic mass is 19.4. The zero-order valence-corrected chi connectivity index (χ0v) is 12.7. The van der Waals surface area contributed by atoms with Crippen molar-refractivity contribution < 1.29 is 13.2 Å². The standard InChI is InChI=1S/C18H19F3N2/c19-18(20,21)16-8-4-5-14(11-16)12-23-10-9-22-17(13-23)15-6-2-1-3-7-15/h1-8,11,17,22H,9-10,12-13H2. The van der Waals surface area contributed by atoms with Crippen molar-refractivity contribution in [2.24, 2.45) is 0 Å². The second-order valence-electron chi connectivity index (χ2n) is 5.85. The first-order valence-electron chi connectivity index (χ1n) is 7.69. The number of alkyl halides is 3. The minimum absolute atomic E-state index is 0.218. The second kappa shape index (κ2) is 6.72. The predicted octanol–water partition coefficient (Wildman–Crippen LogP) is 3.85. The van der Waals surface area contributed by atoms with Crippen LogP contribution in [0.25, 0.3) is 0 Å². The van der Waals surface area contributed by atoms with Crippen LogP contribution >= 0.6 is 0 Å². The summed E-state index contributed by atoms with van der Waals surface area (Å²) >= 11 is 0. The molecule has 1 heterocycles. The topological polar surface area (TPSA) is 15.3 Å². The number of benzene rings is 2. The van der Waals surface area contributed by atoms with E-state index in [0.717, 1.165) is 25.7 Å². The Kier molecular flexibility index (Phi) is 4.68. The van der Waals surface area contributed by atoms with Crippen LogP contribution in [0, 0.1) is 0 Å². The number of piperazine rings is 1. The van der Waals surface area contributed by atoms with Crippen molar-refractivity contribution in [3.8, 4) is 0 Å². The second-order valence-corrected chi connectivity index (χ2v) is 5.85. The molecule has 3 rings (SSSR count). The predicted molar refractivity (Wildman–Crippen MR) is 83.9 cm³/mol. The molecule has 1 fully saturated rings. The van der Waals surface area contributed by atoms with Gasteiger partial charge in [0.15, 0.2) is 0 Å². The Labute approximate surface area is 133 Å². The van der Waals surface area contributed by atoms with Crippen LogP contribution in [0.1, 0.15) is 22.7 Å². The summed E-state index contributed by atoms with van der Waals surface area (Å²) in [5.41, 5.74) is 1.33. The lowest BCUT2D eigenvalue weighted by atomic mass is 10.0. The first-order valence-corrected chi connectivity index (χ1v) is 7.69. The Morgan fingerprint density at radius 2 is 1.83 bits per heavy atom. The molecule has 1 unspecified atom stereocenters. The fraction of sp³-hybridized carbons (Fsp3) is 0.333. The molecule has 0 amide bonds. The highest BCUT2D eigenvalue weighted by Gasteiger charge is 2.30. The molecule has 5 heteroatoms. The summed E-state index contributed by atoms with van der Waals surface area (Å²) in [7, 11) is 0. The van der Waals surface area contributed by atoms with Gasteiger partial charge in [0.2, 0.25) is 0 Å². The Bertz CT molecular complexity index is 640. The first kappa shape index (κ1) is 16.0. The molecule has 1 saturated heterocycles. The maximum atomic E-state index is 12.8. The summed E-state index contributed by atoms with van der Waals surface area (Å²) in [4.78, 5) is 2.20. The third-order valence-electron chi connectivity index (χ3n) is 4.12. The van der Waals surface area contributed by atoms with E-state index >= 15 is 0 Å². The Morgan fingerprint density at radius 3 is 2.57 bits per heavy atom. The van der Waals surface area contributed by atoms with Gasteiger partial charge in [-0.3, -0.25) is 4.90 Å². The van der Waals surface area contributed by atoms with Crippen LogP contribution in [0.3, 0.4) is 0 Å². The molecule has 1 aliphatic rings. The molecule has 2 aromatic carbocycles. The summed E-state index contributed by atoms with van der Waals surface area (Å²) in [6.07, 6.45) is -4.29. The van der Waals surface area contributed by atoms with Crippen LogP contribution in [0.2, 0.25) is 0 Å². The van der Waals surface area contributed by atoms with E-state index in [1.807, 2.05) is 18.2 Å². The van der Waals surface area contributed by atoms with E-state index in [1.54, 1.807) is 6.07 Å². The summed E-state index contributed by atoms with van der Waals surface area (Å²) < 4.78 is 38.4. The molecule has 2 aromatic rings. The average Bonchev–Trinajstić information content (AvgIpc) is 2.55. The van der Waals surface area contributed by atoms with Gasteiger partial charge in [-0.15, -0.1) is 0 Å². The number of nitrogens with zero attached hydrogens (tertiary/aromatic N) is 1. The Hall–Kier alpha value is -1.85. The van der Waals surface area contributed by atoms with Gasteiger partial charge in [-0.25, -0.2) is 0 Å². The zero-order chi connectivity index (χ0) is 16.3. The number of nitrogens with one attached hydrogen (secondary N) is 1. The molecule has 0 saturated carbocycles. The third kappa shape index (κ3) is 4.12. The molecule has 0 aromatic heterocycles. The molecule has 0 aliphatic carbocycles. The van der Waals surface area contributed by atoms with Gasteiger partial charge in [-0.1, -0.05) is 48.5 Å². The van der Waals surface area contributed by atoms with E-state index < -0.39 is 11.7 Å². The van der Waals surface area contributed by atoms with E-state index in [9.17, 15) is 13.2 Å². The van der Waals surface area contributed by atoms with Gasteiger partial charge in [-0.2, -0.15) is 13.2 Å². The van der Waals surface area contributed by atoms with Crippen LogP contribution in [-0.4, -0.2) is 24.5 Å². The number of halogens is 3. The first-order chi connectivity index (χ1) is 11.0. The molecule has 1 N–H and O–H groups in total. The molecule has 2 nitrogen and oxygen atoms in total. The van der Waals surface area contributed by atoms with Gasteiger partial charge < -0.3 is 5.32 Å². The fourth-order valence-electron chi connectivity index (χ4n) is 2.97. The molecular formula is C18H19F3N2. The van der Waals surface area contributed by atoms with Crippen molar-refractivity contribution in [1.29, 1.82) is 0 Å². The smallest absolute Gasteiger partial charge is 0.308 e. The molecule has 0 bridgehead atoms. The number of hydrogen-bond acceptors (Lipinski definition) is 2. The molecule has 23 heavy (non-hydrogen) atoms. The summed E-state index contributed by atoms with van der Waals surface area (Å²) in [5, 5.41) is 3.47. The fourth-order valence-corrected chi connectivity index (χ4v) is 2.97. The lowest BCUT2D eigenvalue weighted by molar-refractivity contribution is -0.137. The van der Waals surface area contributed by atoms with Crippen molar-refractivity contribution in [1.82, 2.24) is 10.2 Å². The molecule has 1 atom stereocenters. The monoisotopic (exact) mass is 320 g/mol. The minimum atomic E-state index is -4.29. The largest absolute Gasteiger partial charge is 0.416 e. The van der Waals surface area contributed by atoms with E-state index in [2.05, 4.69) is 22.3 Å². The molecule has 0 radical (unpaired) electrons. The third-order valence-corrected chi connectivity index (χ3v) is 4.12. The maximum Gasteiger partial charge on any atom is 0.416 e. The highest BCUT2D eigenvalue weighted by molar-refractivity contribution is 5.26. The normalized spacial score (nSPS) is 19.7. The van der Waals surface area contributed by atoms with Crippen LogP contribution in [0.5, 0.6) is 0 Å². The SMILES string of the molecule is FC(F)(F)c1cccc(CN2CCNC(c3ccccc3)C2)c1.